The minimum absolute atomic E-state index is 0.253. The number of carbonyl (C=O) groups is 1. The van der Waals surface area contributed by atoms with Gasteiger partial charge in [-0.05, 0) is 60.5 Å². The zero-order chi connectivity index (χ0) is 22.8. The fourth-order valence-electron chi connectivity index (χ4n) is 3.52. The molecule has 1 N–H and O–H groups in total. The van der Waals surface area contributed by atoms with Crippen molar-refractivity contribution in [2.24, 2.45) is 0 Å². The number of halogens is 2. The van der Waals surface area contributed by atoms with Crippen LogP contribution in [0.3, 0.4) is 0 Å². The van der Waals surface area contributed by atoms with Gasteiger partial charge in [-0.15, -0.1) is 0 Å². The summed E-state index contributed by atoms with van der Waals surface area (Å²) in [6.45, 7) is 6.68. The lowest BCUT2D eigenvalue weighted by Crippen LogP contribution is -2.14. The molecule has 2 aromatic carbocycles. The summed E-state index contributed by atoms with van der Waals surface area (Å²) in [6, 6.07) is 15.8. The first-order valence-corrected chi connectivity index (χ1v) is 11.0. The first kappa shape index (κ1) is 22.0. The Bertz CT molecular complexity index is 1290. The summed E-state index contributed by atoms with van der Waals surface area (Å²) in [5.74, 6) is -0.104. The van der Waals surface area contributed by atoms with Crippen LogP contribution in [0.25, 0.3) is 0 Å². The molecule has 1 amide bonds. The molecule has 0 spiro atoms. The third kappa shape index (κ3) is 4.65. The maximum absolute atomic E-state index is 14.0. The molecule has 6 nitrogen and oxygen atoms in total. The molecule has 0 bridgehead atoms. The summed E-state index contributed by atoms with van der Waals surface area (Å²) in [7, 11) is 0. The standard InChI is InChI=1S/C24H23BrFN5O/c1-15-11-22(29-30(15)14-20-8-4-5-10-21(20)26)27-24(32)19-9-6-7-18(12-19)13-31-17(3)23(25)16(2)28-31/h4-12H,13-14H2,1-3H3,(H,27,29,32). The van der Waals surface area contributed by atoms with Crippen molar-refractivity contribution in [1.82, 2.24) is 19.6 Å². The number of carbonyl (C=O) groups excluding carboxylic acids is 1. The van der Waals surface area contributed by atoms with Gasteiger partial charge >= 0.3 is 0 Å². The van der Waals surface area contributed by atoms with Gasteiger partial charge in [0.2, 0.25) is 0 Å². The summed E-state index contributed by atoms with van der Waals surface area (Å²) in [4.78, 5) is 12.8. The maximum Gasteiger partial charge on any atom is 0.256 e. The number of rotatable bonds is 6. The average molecular weight is 496 g/mol. The van der Waals surface area contributed by atoms with Crippen LogP contribution in [0.2, 0.25) is 0 Å². The van der Waals surface area contributed by atoms with E-state index < -0.39 is 0 Å². The van der Waals surface area contributed by atoms with E-state index in [-0.39, 0.29) is 11.7 Å². The topological polar surface area (TPSA) is 64.7 Å². The SMILES string of the molecule is Cc1nn(Cc2cccc(C(=O)Nc3cc(C)n(Cc4ccccc4F)n3)c2)c(C)c1Br. The number of hydrogen-bond acceptors (Lipinski definition) is 3. The molecule has 2 heterocycles. The molecule has 0 saturated heterocycles. The monoisotopic (exact) mass is 495 g/mol. The fraction of sp³-hybridized carbons (Fsp3) is 0.208. The van der Waals surface area contributed by atoms with E-state index in [4.69, 9.17) is 0 Å². The molecule has 0 atom stereocenters. The highest BCUT2D eigenvalue weighted by Gasteiger charge is 2.13. The lowest BCUT2D eigenvalue weighted by molar-refractivity contribution is 0.102. The largest absolute Gasteiger partial charge is 0.305 e. The number of nitrogens with one attached hydrogen (secondary N) is 1. The van der Waals surface area contributed by atoms with Crippen molar-refractivity contribution < 1.29 is 9.18 Å². The van der Waals surface area contributed by atoms with Gasteiger partial charge in [-0.1, -0.05) is 30.3 Å². The molecule has 0 unspecified atom stereocenters. The van der Waals surface area contributed by atoms with E-state index in [1.54, 1.807) is 35.0 Å². The van der Waals surface area contributed by atoms with E-state index in [1.807, 2.05) is 43.7 Å². The minimum Gasteiger partial charge on any atom is -0.305 e. The van der Waals surface area contributed by atoms with Gasteiger partial charge in [-0.3, -0.25) is 14.2 Å². The number of aryl methyl sites for hydroxylation is 2. The van der Waals surface area contributed by atoms with Crippen molar-refractivity contribution in [2.45, 2.75) is 33.9 Å². The number of anilines is 1. The Hall–Kier alpha value is -3.26. The summed E-state index contributed by atoms with van der Waals surface area (Å²) < 4.78 is 18.5. The van der Waals surface area contributed by atoms with Crippen LogP contribution in [0.15, 0.2) is 59.1 Å². The molecular weight excluding hydrogens is 473 g/mol. The smallest absolute Gasteiger partial charge is 0.256 e. The number of nitrogens with zero attached hydrogens (tertiary/aromatic N) is 4. The molecule has 164 valence electrons. The molecular formula is C24H23BrFN5O. The van der Waals surface area contributed by atoms with Crippen molar-refractivity contribution >= 4 is 27.7 Å². The molecule has 0 fully saturated rings. The second-order valence-electron chi connectivity index (χ2n) is 7.72. The van der Waals surface area contributed by atoms with Crippen LogP contribution in [0.1, 0.15) is 38.6 Å². The summed E-state index contributed by atoms with van der Waals surface area (Å²) in [6.07, 6.45) is 0. The Morgan fingerprint density at radius 2 is 1.78 bits per heavy atom. The molecule has 0 aliphatic heterocycles. The lowest BCUT2D eigenvalue weighted by Gasteiger charge is -2.08. The van der Waals surface area contributed by atoms with Gasteiger partial charge in [0, 0.05) is 22.9 Å². The van der Waals surface area contributed by atoms with Gasteiger partial charge in [0.05, 0.1) is 29.0 Å². The predicted molar refractivity (Wildman–Crippen MR) is 125 cm³/mol. The van der Waals surface area contributed by atoms with Gasteiger partial charge < -0.3 is 5.32 Å². The van der Waals surface area contributed by atoms with Crippen LogP contribution < -0.4 is 5.32 Å². The van der Waals surface area contributed by atoms with Crippen molar-refractivity contribution in [3.05, 3.63) is 98.7 Å². The van der Waals surface area contributed by atoms with Crippen LogP contribution in [-0.4, -0.2) is 25.5 Å². The maximum atomic E-state index is 14.0. The Kier molecular flexibility index (Phi) is 6.23. The van der Waals surface area contributed by atoms with Gasteiger partial charge in [0.25, 0.3) is 5.91 Å². The Morgan fingerprint density at radius 3 is 2.50 bits per heavy atom. The Morgan fingerprint density at radius 1 is 1.00 bits per heavy atom. The summed E-state index contributed by atoms with van der Waals surface area (Å²) >= 11 is 3.54. The highest BCUT2D eigenvalue weighted by molar-refractivity contribution is 9.10. The van der Waals surface area contributed by atoms with Crippen LogP contribution in [0.5, 0.6) is 0 Å². The van der Waals surface area contributed by atoms with Crippen molar-refractivity contribution in [2.75, 3.05) is 5.32 Å². The van der Waals surface area contributed by atoms with Gasteiger partial charge in [-0.25, -0.2) is 4.39 Å². The first-order valence-electron chi connectivity index (χ1n) is 10.2. The average Bonchev–Trinajstić information content (AvgIpc) is 3.23. The molecule has 0 radical (unpaired) electrons. The van der Waals surface area contributed by atoms with Crippen LogP contribution in [0.4, 0.5) is 10.2 Å². The third-order valence-electron chi connectivity index (χ3n) is 5.32. The molecule has 32 heavy (non-hydrogen) atoms. The van der Waals surface area contributed by atoms with E-state index in [2.05, 4.69) is 31.4 Å². The number of hydrogen-bond donors (Lipinski definition) is 1. The third-order valence-corrected chi connectivity index (χ3v) is 6.46. The fourth-order valence-corrected chi connectivity index (χ4v) is 3.80. The highest BCUT2D eigenvalue weighted by atomic mass is 79.9. The van der Waals surface area contributed by atoms with Gasteiger partial charge in [-0.2, -0.15) is 10.2 Å². The molecule has 4 rings (SSSR count). The van der Waals surface area contributed by atoms with Crippen molar-refractivity contribution in [1.29, 1.82) is 0 Å². The van der Waals surface area contributed by atoms with Crippen molar-refractivity contribution in [3.8, 4) is 0 Å². The first-order chi connectivity index (χ1) is 15.3. The van der Waals surface area contributed by atoms with Crippen LogP contribution >= 0.6 is 15.9 Å². The molecule has 8 heteroatoms. The van der Waals surface area contributed by atoms with E-state index in [0.29, 0.717) is 30.0 Å². The molecule has 2 aromatic heterocycles. The normalized spacial score (nSPS) is 11.0. The lowest BCUT2D eigenvalue weighted by atomic mass is 10.1. The molecule has 0 saturated carbocycles. The van der Waals surface area contributed by atoms with Gasteiger partial charge in [0.1, 0.15) is 5.82 Å². The van der Waals surface area contributed by atoms with Gasteiger partial charge in [0.15, 0.2) is 5.82 Å². The zero-order valence-corrected chi connectivity index (χ0v) is 19.6. The second kappa shape index (κ2) is 9.08. The zero-order valence-electron chi connectivity index (χ0n) is 18.1. The quantitative estimate of drug-likeness (QED) is 0.397. The highest BCUT2D eigenvalue weighted by Crippen LogP contribution is 2.21. The Balaban J connectivity index is 1.48. The van der Waals surface area contributed by atoms with E-state index >= 15 is 0 Å². The van der Waals surface area contributed by atoms with E-state index in [0.717, 1.165) is 27.1 Å². The van der Waals surface area contributed by atoms with E-state index in [1.165, 1.54) is 6.07 Å². The predicted octanol–water partition coefficient (Wildman–Crippen LogP) is 5.26. The number of aromatic nitrogens is 4. The van der Waals surface area contributed by atoms with Crippen LogP contribution in [-0.2, 0) is 13.1 Å². The molecule has 4 aromatic rings. The van der Waals surface area contributed by atoms with Crippen molar-refractivity contribution in [3.63, 3.8) is 0 Å². The van der Waals surface area contributed by atoms with Crippen LogP contribution in [0, 0.1) is 26.6 Å². The number of amides is 1. The summed E-state index contributed by atoms with van der Waals surface area (Å²) in [5.41, 5.74) is 4.83. The Labute approximate surface area is 194 Å². The molecule has 0 aliphatic carbocycles. The van der Waals surface area contributed by atoms with E-state index in [9.17, 15) is 9.18 Å². The second-order valence-corrected chi connectivity index (χ2v) is 8.51. The molecule has 0 aliphatic rings. The summed E-state index contributed by atoms with van der Waals surface area (Å²) in [5, 5.41) is 11.8. The number of benzene rings is 2. The minimum atomic E-state index is -0.278.